The average Bonchev–Trinajstić information content (AvgIpc) is 2.58. The van der Waals surface area contributed by atoms with Crippen LogP contribution in [0.1, 0.15) is 41.7 Å². The van der Waals surface area contributed by atoms with Crippen molar-refractivity contribution in [3.05, 3.63) is 76.1 Å². The summed E-state index contributed by atoms with van der Waals surface area (Å²) in [5, 5.41) is 9.59. The zero-order chi connectivity index (χ0) is 21.0. The van der Waals surface area contributed by atoms with Gasteiger partial charge in [0.15, 0.2) is 5.78 Å². The smallest absolute Gasteiger partial charge is 0.155 e. The van der Waals surface area contributed by atoms with Crippen LogP contribution in [0.15, 0.2) is 42.2 Å². The minimum Gasteiger partial charge on any atom is -0.512 e. The molecule has 0 aliphatic rings. The Bertz CT molecular complexity index is 1040. The third kappa shape index (κ3) is 6.62. The van der Waals surface area contributed by atoms with E-state index in [0.717, 1.165) is 16.8 Å². The molecule has 3 aromatic rings. The van der Waals surface area contributed by atoms with Gasteiger partial charge in [0.25, 0.3) is 0 Å². The topological polar surface area (TPSA) is 50.2 Å². The Labute approximate surface area is 187 Å². The van der Waals surface area contributed by atoms with Crippen LogP contribution in [-0.2, 0) is 24.9 Å². The van der Waals surface area contributed by atoms with E-state index in [-0.39, 0.29) is 31.6 Å². The molecule has 3 rings (SSSR count). The molecule has 0 aliphatic heterocycles. The van der Waals surface area contributed by atoms with Gasteiger partial charge >= 0.3 is 0 Å². The number of aliphatic hydroxyl groups excluding tert-OH is 1. The molecule has 155 valence electrons. The predicted molar refractivity (Wildman–Crippen MR) is 117 cm³/mol. The van der Waals surface area contributed by atoms with Crippen molar-refractivity contribution in [1.82, 2.24) is 4.98 Å². The third-order valence-corrected chi connectivity index (χ3v) is 4.70. The number of nitrogens with zero attached hydrogens (tertiary/aromatic N) is 1. The molecule has 0 aliphatic carbocycles. The van der Waals surface area contributed by atoms with Crippen LogP contribution in [0.25, 0.3) is 22.2 Å². The number of ketones is 1. The standard InChI is InChI=1S/C20H20N.C5H8O2.Ir/c1-12-6-7-18-15(4)11-19(21-20(18)8-12)17-9-13(2)16(5)14(3)10-17;1-4(6)3-5(2)7;/h6-9,11H,1-5H3;3,6H,1-2H3;/q-1;;/b;4-3-;. The molecular formula is C25H28IrNO2-. The number of hydrogen-bond donors (Lipinski definition) is 1. The van der Waals surface area contributed by atoms with E-state index < -0.39 is 0 Å². The SMILES string of the molecule is CC(=O)/C=C(/C)O.Cc1ccc2c(C)cc(-c3[c-]c(C)c(C)c(C)c3)nc2c1.[Ir]. The number of aryl methyl sites for hydroxylation is 4. The third-order valence-electron chi connectivity index (χ3n) is 4.70. The fourth-order valence-corrected chi connectivity index (χ4v) is 3.03. The molecule has 4 heteroatoms. The van der Waals surface area contributed by atoms with Crippen molar-refractivity contribution < 1.29 is 30.0 Å². The van der Waals surface area contributed by atoms with Gasteiger partial charge in [0, 0.05) is 31.6 Å². The summed E-state index contributed by atoms with van der Waals surface area (Å²) in [6, 6.07) is 14.3. The number of pyridine rings is 1. The Morgan fingerprint density at radius 2 is 1.66 bits per heavy atom. The van der Waals surface area contributed by atoms with E-state index in [9.17, 15) is 4.79 Å². The molecule has 0 saturated heterocycles. The van der Waals surface area contributed by atoms with E-state index in [1.807, 2.05) is 0 Å². The number of fused-ring (bicyclic) bond motifs is 1. The van der Waals surface area contributed by atoms with Crippen molar-refractivity contribution in [3.63, 3.8) is 0 Å². The van der Waals surface area contributed by atoms with Crippen LogP contribution in [0, 0.1) is 40.7 Å². The molecule has 1 aromatic heterocycles. The van der Waals surface area contributed by atoms with Crippen LogP contribution in [-0.4, -0.2) is 15.9 Å². The Morgan fingerprint density at radius 1 is 1.00 bits per heavy atom. The van der Waals surface area contributed by atoms with Gasteiger partial charge in [0.05, 0.1) is 11.3 Å². The molecule has 2 aromatic carbocycles. The molecule has 1 radical (unpaired) electrons. The molecule has 0 fully saturated rings. The summed E-state index contributed by atoms with van der Waals surface area (Å²) in [5.41, 5.74) is 9.48. The quantitative estimate of drug-likeness (QED) is 0.226. The summed E-state index contributed by atoms with van der Waals surface area (Å²) in [6.45, 7) is 13.5. The number of aliphatic hydroxyl groups is 1. The largest absolute Gasteiger partial charge is 0.512 e. The number of hydrogen-bond acceptors (Lipinski definition) is 3. The van der Waals surface area contributed by atoms with E-state index in [4.69, 9.17) is 10.1 Å². The van der Waals surface area contributed by atoms with E-state index in [1.54, 1.807) is 0 Å². The monoisotopic (exact) mass is 567 g/mol. The maximum Gasteiger partial charge on any atom is 0.155 e. The van der Waals surface area contributed by atoms with Gasteiger partial charge < -0.3 is 5.11 Å². The average molecular weight is 567 g/mol. The van der Waals surface area contributed by atoms with Crippen molar-refractivity contribution in [2.75, 3.05) is 0 Å². The van der Waals surface area contributed by atoms with Crippen LogP contribution in [0.3, 0.4) is 0 Å². The van der Waals surface area contributed by atoms with E-state index in [2.05, 4.69) is 71.0 Å². The van der Waals surface area contributed by atoms with Crippen LogP contribution in [0.2, 0.25) is 0 Å². The van der Waals surface area contributed by atoms with Gasteiger partial charge in [-0.15, -0.1) is 34.4 Å². The maximum absolute atomic E-state index is 10.0. The normalized spacial score (nSPS) is 10.8. The van der Waals surface area contributed by atoms with Gasteiger partial charge in [-0.3, -0.25) is 9.78 Å². The summed E-state index contributed by atoms with van der Waals surface area (Å²) >= 11 is 0. The van der Waals surface area contributed by atoms with Gasteiger partial charge in [0.2, 0.25) is 0 Å². The minimum absolute atomic E-state index is 0. The van der Waals surface area contributed by atoms with Gasteiger partial charge in [-0.05, 0) is 50.6 Å². The Morgan fingerprint density at radius 3 is 2.17 bits per heavy atom. The maximum atomic E-state index is 10.0. The van der Waals surface area contributed by atoms with E-state index in [1.165, 1.54) is 53.1 Å². The second-order valence-corrected chi connectivity index (χ2v) is 7.36. The first kappa shape index (κ1) is 24.7. The first-order valence-electron chi connectivity index (χ1n) is 9.35. The zero-order valence-electron chi connectivity index (χ0n) is 18.1. The molecule has 0 unspecified atom stereocenters. The summed E-state index contributed by atoms with van der Waals surface area (Å²) < 4.78 is 0. The fourth-order valence-electron chi connectivity index (χ4n) is 3.03. The van der Waals surface area contributed by atoms with E-state index >= 15 is 0 Å². The second kappa shape index (κ2) is 10.5. The molecule has 0 atom stereocenters. The molecule has 29 heavy (non-hydrogen) atoms. The number of rotatable bonds is 2. The molecular weight excluding hydrogens is 538 g/mol. The summed E-state index contributed by atoms with van der Waals surface area (Å²) in [7, 11) is 0. The molecule has 0 bridgehead atoms. The first-order chi connectivity index (χ1) is 13.1. The van der Waals surface area contributed by atoms with Crippen LogP contribution < -0.4 is 0 Å². The van der Waals surface area contributed by atoms with Crippen LogP contribution in [0.5, 0.6) is 0 Å². The van der Waals surface area contributed by atoms with Gasteiger partial charge in [-0.1, -0.05) is 39.0 Å². The number of allylic oxidation sites excluding steroid dienone is 2. The van der Waals surface area contributed by atoms with Crippen molar-refractivity contribution >= 4 is 16.7 Å². The molecule has 1 N–H and O–H groups in total. The molecule has 1 heterocycles. The van der Waals surface area contributed by atoms with Crippen molar-refractivity contribution in [1.29, 1.82) is 0 Å². The number of carbonyl (C=O) groups is 1. The van der Waals surface area contributed by atoms with Crippen LogP contribution in [0.4, 0.5) is 0 Å². The van der Waals surface area contributed by atoms with Gasteiger partial charge in [-0.2, -0.15) is 0 Å². The van der Waals surface area contributed by atoms with E-state index in [0.29, 0.717) is 0 Å². The number of carbonyl (C=O) groups excluding carboxylic acids is 1. The van der Waals surface area contributed by atoms with Gasteiger partial charge in [-0.25, -0.2) is 0 Å². The first-order valence-corrected chi connectivity index (χ1v) is 9.35. The molecule has 0 saturated carbocycles. The van der Waals surface area contributed by atoms with Crippen molar-refractivity contribution in [2.24, 2.45) is 0 Å². The zero-order valence-corrected chi connectivity index (χ0v) is 20.5. The minimum atomic E-state index is -0.125. The summed E-state index contributed by atoms with van der Waals surface area (Å²) in [6.07, 6.45) is 1.17. The Kier molecular flexibility index (Phi) is 8.94. The molecule has 3 nitrogen and oxygen atoms in total. The van der Waals surface area contributed by atoms with Gasteiger partial charge in [0.1, 0.15) is 0 Å². The number of aromatic nitrogens is 1. The van der Waals surface area contributed by atoms with Crippen molar-refractivity contribution in [2.45, 2.75) is 48.5 Å². The predicted octanol–water partition coefficient (Wildman–Crippen LogP) is 6.28. The number of benzene rings is 2. The Hall–Kier alpha value is -2.29. The summed E-state index contributed by atoms with van der Waals surface area (Å²) in [4.78, 5) is 14.9. The molecule has 0 spiro atoms. The van der Waals surface area contributed by atoms with Crippen molar-refractivity contribution in [3.8, 4) is 11.3 Å². The second-order valence-electron chi connectivity index (χ2n) is 7.36. The molecule has 0 amide bonds. The summed E-state index contributed by atoms with van der Waals surface area (Å²) in [5.74, 6) is -0.0625. The fraction of sp³-hybridized carbons (Fsp3) is 0.280. The Balaban J connectivity index is 0.000000456. The van der Waals surface area contributed by atoms with Crippen LogP contribution >= 0.6 is 0 Å².